The molecule has 1 heterocycles. The number of likely N-dealkylation sites (N-methyl/N-ethyl adjacent to an activating group) is 1. The van der Waals surface area contributed by atoms with E-state index in [4.69, 9.17) is 0 Å². The van der Waals surface area contributed by atoms with Gasteiger partial charge in [0.2, 0.25) is 0 Å². The van der Waals surface area contributed by atoms with Crippen LogP contribution in [-0.2, 0) is 5.60 Å². The van der Waals surface area contributed by atoms with Crippen LogP contribution in [-0.4, -0.2) is 29.6 Å². The second-order valence-electron chi connectivity index (χ2n) is 5.39. The zero-order chi connectivity index (χ0) is 12.8. The largest absolute Gasteiger partial charge is 0.383 e. The molecule has 0 bridgehead atoms. The number of benzene rings is 2. The van der Waals surface area contributed by atoms with Crippen LogP contribution in [0.5, 0.6) is 0 Å². The normalized spacial score (nSPS) is 28.9. The van der Waals surface area contributed by atoms with Crippen LogP contribution in [0, 0.1) is 0 Å². The predicted molar refractivity (Wildman–Crippen MR) is 74.6 cm³/mol. The minimum absolute atomic E-state index is 0.165. The molecule has 3 rings (SSSR count). The van der Waals surface area contributed by atoms with Crippen molar-refractivity contribution in [2.24, 2.45) is 0 Å². The smallest absolute Gasteiger partial charge is 0.106 e. The van der Waals surface area contributed by atoms with Gasteiger partial charge >= 0.3 is 0 Å². The first-order chi connectivity index (χ1) is 8.61. The molecule has 2 unspecified atom stereocenters. The van der Waals surface area contributed by atoms with Crippen molar-refractivity contribution in [1.29, 1.82) is 0 Å². The van der Waals surface area contributed by atoms with Crippen molar-refractivity contribution in [3.63, 3.8) is 0 Å². The summed E-state index contributed by atoms with van der Waals surface area (Å²) in [4.78, 5) is 2.22. The molecule has 0 amide bonds. The first-order valence-electron chi connectivity index (χ1n) is 6.53. The van der Waals surface area contributed by atoms with Crippen molar-refractivity contribution in [2.45, 2.75) is 25.0 Å². The summed E-state index contributed by atoms with van der Waals surface area (Å²) in [5, 5.41) is 13.3. The van der Waals surface area contributed by atoms with E-state index in [0.717, 1.165) is 18.5 Å². The van der Waals surface area contributed by atoms with E-state index in [-0.39, 0.29) is 6.04 Å². The molecule has 0 radical (unpaired) electrons. The number of hydrogen-bond acceptors (Lipinski definition) is 2. The molecule has 0 saturated carbocycles. The van der Waals surface area contributed by atoms with Crippen LogP contribution in [0.1, 0.15) is 18.9 Å². The highest BCUT2D eigenvalue weighted by molar-refractivity contribution is 5.83. The van der Waals surface area contributed by atoms with Crippen LogP contribution in [0.15, 0.2) is 42.5 Å². The van der Waals surface area contributed by atoms with Gasteiger partial charge in [0.1, 0.15) is 5.60 Å². The molecule has 0 aliphatic carbocycles. The minimum Gasteiger partial charge on any atom is -0.383 e. The van der Waals surface area contributed by atoms with E-state index in [1.54, 1.807) is 0 Å². The number of rotatable bonds is 1. The van der Waals surface area contributed by atoms with E-state index in [9.17, 15) is 5.11 Å². The van der Waals surface area contributed by atoms with E-state index in [2.05, 4.69) is 49.2 Å². The maximum Gasteiger partial charge on any atom is 0.106 e. The summed E-state index contributed by atoms with van der Waals surface area (Å²) >= 11 is 0. The standard InChI is InChI=1S/C16H19NO/c1-12-16(18,9-10-17(12)2)15-8-7-13-5-3-4-6-14(13)11-15/h3-8,11-12,18H,9-10H2,1-2H3. The summed E-state index contributed by atoms with van der Waals surface area (Å²) in [5.41, 5.74) is 0.330. The fourth-order valence-electron chi connectivity index (χ4n) is 2.96. The molecule has 2 aromatic carbocycles. The molecular formula is C16H19NO. The lowest BCUT2D eigenvalue weighted by atomic mass is 9.86. The van der Waals surface area contributed by atoms with Crippen molar-refractivity contribution in [3.8, 4) is 0 Å². The van der Waals surface area contributed by atoms with Gasteiger partial charge in [0.25, 0.3) is 0 Å². The minimum atomic E-state index is -0.710. The molecule has 1 N–H and O–H groups in total. The molecule has 1 aliphatic heterocycles. The van der Waals surface area contributed by atoms with Crippen LogP contribution in [0.4, 0.5) is 0 Å². The molecule has 18 heavy (non-hydrogen) atoms. The Morgan fingerprint density at radius 2 is 1.89 bits per heavy atom. The maximum absolute atomic E-state index is 10.9. The van der Waals surface area contributed by atoms with Crippen molar-refractivity contribution in [2.75, 3.05) is 13.6 Å². The van der Waals surface area contributed by atoms with E-state index in [1.165, 1.54) is 10.8 Å². The summed E-state index contributed by atoms with van der Waals surface area (Å²) in [7, 11) is 2.07. The molecule has 1 fully saturated rings. The van der Waals surface area contributed by atoms with Crippen molar-refractivity contribution in [1.82, 2.24) is 4.90 Å². The Morgan fingerprint density at radius 1 is 1.17 bits per heavy atom. The van der Waals surface area contributed by atoms with E-state index in [0.29, 0.717) is 0 Å². The number of nitrogens with zero attached hydrogens (tertiary/aromatic N) is 1. The van der Waals surface area contributed by atoms with Gasteiger partial charge in [-0.25, -0.2) is 0 Å². The highest BCUT2D eigenvalue weighted by Crippen LogP contribution is 2.37. The molecule has 0 aromatic heterocycles. The van der Waals surface area contributed by atoms with Crippen LogP contribution < -0.4 is 0 Å². The third-order valence-corrected chi connectivity index (χ3v) is 4.45. The Bertz CT molecular complexity index is 580. The zero-order valence-electron chi connectivity index (χ0n) is 10.9. The Balaban J connectivity index is 2.09. The molecule has 1 aliphatic rings. The average Bonchev–Trinajstić information content (AvgIpc) is 2.67. The maximum atomic E-state index is 10.9. The predicted octanol–water partition coefficient (Wildman–Crippen LogP) is 2.75. The number of aliphatic hydroxyl groups is 1. The van der Waals surface area contributed by atoms with Gasteiger partial charge in [-0.15, -0.1) is 0 Å². The molecule has 0 spiro atoms. The fraction of sp³-hybridized carbons (Fsp3) is 0.375. The van der Waals surface area contributed by atoms with Gasteiger partial charge in [-0.2, -0.15) is 0 Å². The lowest BCUT2D eigenvalue weighted by molar-refractivity contribution is 0.0110. The Kier molecular flexibility index (Phi) is 2.65. The molecule has 2 nitrogen and oxygen atoms in total. The third kappa shape index (κ3) is 1.64. The first-order valence-corrected chi connectivity index (χ1v) is 6.53. The number of fused-ring (bicyclic) bond motifs is 1. The third-order valence-electron chi connectivity index (χ3n) is 4.45. The molecule has 94 valence electrons. The second kappa shape index (κ2) is 4.08. The summed E-state index contributed by atoms with van der Waals surface area (Å²) in [5.74, 6) is 0. The summed E-state index contributed by atoms with van der Waals surface area (Å²) < 4.78 is 0. The molecule has 2 heteroatoms. The number of likely N-dealkylation sites (tertiary alicyclic amines) is 1. The van der Waals surface area contributed by atoms with E-state index in [1.807, 2.05) is 12.1 Å². The summed E-state index contributed by atoms with van der Waals surface area (Å²) in [6, 6.07) is 14.8. The van der Waals surface area contributed by atoms with Crippen LogP contribution in [0.3, 0.4) is 0 Å². The monoisotopic (exact) mass is 241 g/mol. The Labute approximate surface area is 108 Å². The first kappa shape index (κ1) is 11.7. The SMILES string of the molecule is CC1N(C)CCC1(O)c1ccc2ccccc2c1. The highest BCUT2D eigenvalue weighted by Gasteiger charge is 2.42. The van der Waals surface area contributed by atoms with Gasteiger partial charge in [0.05, 0.1) is 0 Å². The summed E-state index contributed by atoms with van der Waals surface area (Å²) in [6.45, 7) is 3.05. The molecule has 2 aromatic rings. The second-order valence-corrected chi connectivity index (χ2v) is 5.39. The van der Waals surface area contributed by atoms with Gasteiger partial charge in [-0.3, -0.25) is 0 Å². The lowest BCUT2D eigenvalue weighted by Crippen LogP contribution is -2.38. The van der Waals surface area contributed by atoms with Crippen molar-refractivity contribution < 1.29 is 5.11 Å². The Morgan fingerprint density at radius 3 is 2.56 bits per heavy atom. The average molecular weight is 241 g/mol. The Hall–Kier alpha value is -1.38. The van der Waals surface area contributed by atoms with Crippen molar-refractivity contribution >= 4 is 10.8 Å². The van der Waals surface area contributed by atoms with Gasteiger partial charge in [-0.05, 0) is 42.8 Å². The highest BCUT2D eigenvalue weighted by atomic mass is 16.3. The molecular weight excluding hydrogens is 222 g/mol. The van der Waals surface area contributed by atoms with Crippen molar-refractivity contribution in [3.05, 3.63) is 48.0 Å². The van der Waals surface area contributed by atoms with Gasteiger partial charge in [-0.1, -0.05) is 36.4 Å². The van der Waals surface area contributed by atoms with Gasteiger partial charge in [0, 0.05) is 12.6 Å². The fourth-order valence-corrected chi connectivity index (χ4v) is 2.96. The summed E-state index contributed by atoms with van der Waals surface area (Å²) in [6.07, 6.45) is 0.809. The van der Waals surface area contributed by atoms with E-state index >= 15 is 0 Å². The molecule has 1 saturated heterocycles. The van der Waals surface area contributed by atoms with Crippen LogP contribution in [0.2, 0.25) is 0 Å². The van der Waals surface area contributed by atoms with E-state index < -0.39 is 5.60 Å². The lowest BCUT2D eigenvalue weighted by Gasteiger charge is -2.30. The number of hydrogen-bond donors (Lipinski definition) is 1. The zero-order valence-corrected chi connectivity index (χ0v) is 10.9. The quantitative estimate of drug-likeness (QED) is 0.830. The van der Waals surface area contributed by atoms with Gasteiger partial charge < -0.3 is 10.0 Å². The van der Waals surface area contributed by atoms with Crippen LogP contribution >= 0.6 is 0 Å². The van der Waals surface area contributed by atoms with Crippen LogP contribution in [0.25, 0.3) is 10.8 Å². The van der Waals surface area contributed by atoms with Gasteiger partial charge in [0.15, 0.2) is 0 Å². The molecule has 2 atom stereocenters. The topological polar surface area (TPSA) is 23.5 Å².